The summed E-state index contributed by atoms with van der Waals surface area (Å²) in [7, 11) is 0. The smallest absolute Gasteiger partial charge is 0.251 e. The Balaban J connectivity index is 1.36. The van der Waals surface area contributed by atoms with Crippen LogP contribution in [0.3, 0.4) is 0 Å². The number of likely N-dealkylation sites (tertiary alicyclic amines) is 1. The molecule has 0 saturated carbocycles. The van der Waals surface area contributed by atoms with Crippen LogP contribution in [0, 0.1) is 5.82 Å². The summed E-state index contributed by atoms with van der Waals surface area (Å²) in [5.74, 6) is -1.27. The standard InChI is InChI=1S/C25H23FN4O4/c26-18-5-1-16(2-6-18)13-20(25(33)30-11-9-22-23(30)21(31)14-34-22)28-24(32)17-3-7-19(8-4-17)29-12-10-27-15-29/h1-8,10,12,15,20,22-23H,9,11,13-14H2,(H,28,32). The fraction of sp³-hybridized carbons (Fsp3) is 0.280. The zero-order valence-electron chi connectivity index (χ0n) is 18.3. The zero-order valence-corrected chi connectivity index (χ0v) is 18.3. The van der Waals surface area contributed by atoms with Gasteiger partial charge in [0.25, 0.3) is 5.91 Å². The fourth-order valence-corrected chi connectivity index (χ4v) is 4.54. The van der Waals surface area contributed by atoms with Gasteiger partial charge in [-0.25, -0.2) is 9.37 Å². The van der Waals surface area contributed by atoms with E-state index in [1.807, 2.05) is 4.57 Å². The molecule has 2 aromatic carbocycles. The van der Waals surface area contributed by atoms with E-state index in [4.69, 9.17) is 4.74 Å². The largest absolute Gasteiger partial charge is 0.368 e. The highest BCUT2D eigenvalue weighted by molar-refractivity contribution is 5.99. The predicted molar refractivity (Wildman–Crippen MR) is 120 cm³/mol. The van der Waals surface area contributed by atoms with E-state index in [9.17, 15) is 18.8 Å². The first-order valence-corrected chi connectivity index (χ1v) is 11.1. The summed E-state index contributed by atoms with van der Waals surface area (Å²) in [6.07, 6.45) is 5.56. The Morgan fingerprint density at radius 2 is 1.91 bits per heavy atom. The van der Waals surface area contributed by atoms with E-state index in [-0.39, 0.29) is 36.6 Å². The molecule has 0 aliphatic carbocycles. The number of hydrogen-bond acceptors (Lipinski definition) is 5. The Labute approximate surface area is 195 Å². The van der Waals surface area contributed by atoms with E-state index in [1.54, 1.807) is 55.1 Å². The second-order valence-electron chi connectivity index (χ2n) is 8.45. The third-order valence-corrected chi connectivity index (χ3v) is 6.28. The van der Waals surface area contributed by atoms with Crippen LogP contribution in [-0.2, 0) is 20.7 Å². The van der Waals surface area contributed by atoms with E-state index in [0.717, 1.165) is 5.69 Å². The Hall–Kier alpha value is -3.85. The minimum atomic E-state index is -0.918. The number of hydrogen-bond donors (Lipinski definition) is 1. The van der Waals surface area contributed by atoms with E-state index >= 15 is 0 Å². The van der Waals surface area contributed by atoms with Crippen molar-refractivity contribution in [2.45, 2.75) is 31.0 Å². The van der Waals surface area contributed by atoms with Gasteiger partial charge in [0.1, 0.15) is 24.5 Å². The molecule has 0 bridgehead atoms. The molecule has 3 aromatic rings. The number of amides is 2. The van der Waals surface area contributed by atoms with E-state index in [1.165, 1.54) is 17.0 Å². The van der Waals surface area contributed by atoms with Gasteiger partial charge in [-0.3, -0.25) is 14.4 Å². The number of carbonyl (C=O) groups excluding carboxylic acids is 3. The molecule has 3 atom stereocenters. The van der Waals surface area contributed by atoms with E-state index in [2.05, 4.69) is 10.3 Å². The maximum atomic E-state index is 13.5. The number of rotatable bonds is 6. The Morgan fingerprint density at radius 3 is 2.62 bits per heavy atom. The maximum absolute atomic E-state index is 13.5. The molecule has 3 heterocycles. The van der Waals surface area contributed by atoms with Gasteiger partial charge in [0.15, 0.2) is 5.78 Å². The Bertz CT molecular complexity index is 1190. The van der Waals surface area contributed by atoms with Crippen molar-refractivity contribution in [2.24, 2.45) is 0 Å². The molecule has 174 valence electrons. The van der Waals surface area contributed by atoms with Crippen LogP contribution < -0.4 is 5.32 Å². The van der Waals surface area contributed by atoms with Crippen molar-refractivity contribution >= 4 is 17.6 Å². The molecule has 0 spiro atoms. The highest BCUT2D eigenvalue weighted by Gasteiger charge is 2.48. The van der Waals surface area contributed by atoms with E-state index < -0.39 is 18.0 Å². The molecule has 8 nitrogen and oxygen atoms in total. The van der Waals surface area contributed by atoms with E-state index in [0.29, 0.717) is 24.1 Å². The van der Waals surface area contributed by atoms with Crippen LogP contribution in [0.15, 0.2) is 67.3 Å². The molecule has 5 rings (SSSR count). The van der Waals surface area contributed by atoms with Gasteiger partial charge in [0.05, 0.1) is 12.4 Å². The van der Waals surface area contributed by atoms with Gasteiger partial charge >= 0.3 is 0 Å². The third-order valence-electron chi connectivity index (χ3n) is 6.28. The van der Waals surface area contributed by atoms with Gasteiger partial charge in [-0.05, 0) is 48.4 Å². The molecule has 2 amide bonds. The van der Waals surface area contributed by atoms with Crippen molar-refractivity contribution in [2.75, 3.05) is 13.2 Å². The summed E-state index contributed by atoms with van der Waals surface area (Å²) in [5.41, 5.74) is 1.93. The highest BCUT2D eigenvalue weighted by Crippen LogP contribution is 2.28. The number of halogens is 1. The van der Waals surface area contributed by atoms with Crippen molar-refractivity contribution in [1.29, 1.82) is 0 Å². The monoisotopic (exact) mass is 462 g/mol. The molecule has 2 aliphatic rings. The van der Waals surface area contributed by atoms with Gasteiger partial charge in [-0.1, -0.05) is 12.1 Å². The minimum Gasteiger partial charge on any atom is -0.368 e. The van der Waals surface area contributed by atoms with Gasteiger partial charge in [0.2, 0.25) is 5.91 Å². The summed E-state index contributed by atoms with van der Waals surface area (Å²) in [6, 6.07) is 11.2. The molecule has 1 aromatic heterocycles. The highest BCUT2D eigenvalue weighted by atomic mass is 19.1. The summed E-state index contributed by atoms with van der Waals surface area (Å²) >= 11 is 0. The molecule has 2 fully saturated rings. The van der Waals surface area contributed by atoms with Crippen molar-refractivity contribution in [1.82, 2.24) is 19.8 Å². The number of benzene rings is 2. The number of ether oxygens (including phenoxy) is 1. The average Bonchev–Trinajstić information content (AvgIpc) is 3.60. The zero-order chi connectivity index (χ0) is 23.7. The first-order valence-electron chi connectivity index (χ1n) is 11.1. The molecule has 34 heavy (non-hydrogen) atoms. The molecular weight excluding hydrogens is 439 g/mol. The molecule has 0 radical (unpaired) electrons. The molecule has 1 N–H and O–H groups in total. The second kappa shape index (κ2) is 9.18. The first kappa shape index (κ1) is 22.0. The minimum absolute atomic E-state index is 0.00261. The number of nitrogens with zero attached hydrogens (tertiary/aromatic N) is 3. The molecule has 2 saturated heterocycles. The number of nitrogens with one attached hydrogen (secondary N) is 1. The topological polar surface area (TPSA) is 93.5 Å². The predicted octanol–water partition coefficient (Wildman–Crippen LogP) is 1.92. The molecule has 9 heteroatoms. The summed E-state index contributed by atoms with van der Waals surface area (Å²) < 4.78 is 20.7. The SMILES string of the molecule is O=C(NC(Cc1ccc(F)cc1)C(=O)N1CCC2OCC(=O)C21)c1ccc(-n2ccnc2)cc1. The Kier molecular flexibility index (Phi) is 5.93. The lowest BCUT2D eigenvalue weighted by atomic mass is 10.0. The lowest BCUT2D eigenvalue weighted by Gasteiger charge is -2.27. The van der Waals surface area contributed by atoms with Gasteiger partial charge < -0.3 is 19.5 Å². The number of imidazole rings is 1. The third kappa shape index (κ3) is 4.34. The van der Waals surface area contributed by atoms with Gasteiger partial charge in [0, 0.05) is 36.6 Å². The van der Waals surface area contributed by atoms with Crippen molar-refractivity contribution in [3.8, 4) is 5.69 Å². The number of Topliss-reactive ketones (excluding diaryl/α,β-unsaturated/α-hetero) is 1. The van der Waals surface area contributed by atoms with Crippen LogP contribution in [0.25, 0.3) is 5.69 Å². The molecule has 3 unspecified atom stereocenters. The van der Waals surface area contributed by atoms with Crippen LogP contribution in [0.1, 0.15) is 22.3 Å². The average molecular weight is 462 g/mol. The first-order chi connectivity index (χ1) is 16.5. The van der Waals surface area contributed by atoms with Crippen LogP contribution >= 0.6 is 0 Å². The summed E-state index contributed by atoms with van der Waals surface area (Å²) in [4.78, 5) is 44.4. The molecular formula is C25H23FN4O4. The quantitative estimate of drug-likeness (QED) is 0.604. The normalized spacial score (nSPS) is 20.3. The van der Waals surface area contributed by atoms with Crippen LogP contribution in [0.2, 0.25) is 0 Å². The Morgan fingerprint density at radius 1 is 1.15 bits per heavy atom. The summed E-state index contributed by atoms with van der Waals surface area (Å²) in [6.45, 7) is 0.382. The molecule has 2 aliphatic heterocycles. The second-order valence-corrected chi connectivity index (χ2v) is 8.45. The van der Waals surface area contributed by atoms with Crippen LogP contribution in [-0.4, -0.2) is 63.4 Å². The lowest BCUT2D eigenvalue weighted by molar-refractivity contribution is -0.138. The number of carbonyl (C=O) groups is 3. The maximum Gasteiger partial charge on any atom is 0.251 e. The fourth-order valence-electron chi connectivity index (χ4n) is 4.54. The van der Waals surface area contributed by atoms with Gasteiger partial charge in [-0.15, -0.1) is 0 Å². The van der Waals surface area contributed by atoms with Gasteiger partial charge in [-0.2, -0.15) is 0 Å². The van der Waals surface area contributed by atoms with Crippen molar-refractivity contribution in [3.63, 3.8) is 0 Å². The summed E-state index contributed by atoms with van der Waals surface area (Å²) in [5, 5.41) is 2.83. The van der Waals surface area contributed by atoms with Crippen molar-refractivity contribution < 1.29 is 23.5 Å². The number of ketones is 1. The van der Waals surface area contributed by atoms with Crippen LogP contribution in [0.4, 0.5) is 4.39 Å². The van der Waals surface area contributed by atoms with Crippen molar-refractivity contribution in [3.05, 3.63) is 84.2 Å². The van der Waals surface area contributed by atoms with Crippen LogP contribution in [0.5, 0.6) is 0 Å². The number of fused-ring (bicyclic) bond motifs is 1. The number of aromatic nitrogens is 2. The lowest BCUT2D eigenvalue weighted by Crippen LogP contribution is -2.53.